The maximum atomic E-state index is 13.9. The minimum Gasteiger partial charge on any atom is -0.469 e. The van der Waals surface area contributed by atoms with E-state index in [0.717, 1.165) is 148 Å². The first-order chi connectivity index (χ1) is 25.2. The Hall–Kier alpha value is -1.57. The lowest BCUT2D eigenvalue weighted by Crippen LogP contribution is -2.59. The van der Waals surface area contributed by atoms with Gasteiger partial charge in [-0.15, -0.1) is 0 Å². The number of allylic oxidation sites excluding steroid dienone is 2. The first-order valence-corrected chi connectivity index (χ1v) is 23.0. The molecule has 1 spiro atoms. The SMILES string of the molecule is COC(=O)CC1(c2ccccc2)C2C3CC4CC5CC6CC7CC8CC9CC%10=CC21C1C%10C2C9C9C8C7C7C6C6C5C4C4C3C1C1C2C9C7C6C41. The van der Waals surface area contributed by atoms with Crippen molar-refractivity contribution in [2.24, 2.45) is 177 Å². The summed E-state index contributed by atoms with van der Waals surface area (Å²) >= 11 is 0. The number of carbonyl (C=O) groups is 1. The van der Waals surface area contributed by atoms with E-state index >= 15 is 0 Å². The summed E-state index contributed by atoms with van der Waals surface area (Å²) in [5.41, 5.74) is 3.71. The van der Waals surface area contributed by atoms with Crippen LogP contribution in [0.15, 0.2) is 42.0 Å². The fourth-order valence-corrected chi connectivity index (χ4v) is 27.0. The van der Waals surface area contributed by atoms with Gasteiger partial charge in [0.2, 0.25) is 0 Å². The Balaban J connectivity index is 0.973. The second-order valence-electron chi connectivity index (χ2n) is 24.1. The van der Waals surface area contributed by atoms with Crippen molar-refractivity contribution >= 4 is 5.97 Å². The van der Waals surface area contributed by atoms with Gasteiger partial charge in [-0.2, -0.15) is 0 Å². The largest absolute Gasteiger partial charge is 0.469 e. The molecule has 17 aliphatic carbocycles. The van der Waals surface area contributed by atoms with Gasteiger partial charge in [0.15, 0.2) is 0 Å². The molecule has 0 bridgehead atoms. The Kier molecular flexibility index (Phi) is 3.81. The minimum absolute atomic E-state index is 0.0385. The van der Waals surface area contributed by atoms with Gasteiger partial charge in [-0.1, -0.05) is 42.0 Å². The first-order valence-electron chi connectivity index (χ1n) is 23.0. The highest BCUT2D eigenvalue weighted by molar-refractivity contribution is 5.75. The molecule has 0 heterocycles. The van der Waals surface area contributed by atoms with Crippen molar-refractivity contribution in [2.75, 3.05) is 7.11 Å². The lowest BCUT2D eigenvalue weighted by Gasteiger charge is -2.62. The molecule has 0 radical (unpaired) electrons. The number of fused-ring (bicyclic) bond motifs is 1. The number of ether oxygens (including phenoxy) is 1. The van der Waals surface area contributed by atoms with E-state index < -0.39 is 0 Å². The molecule has 0 saturated heterocycles. The topological polar surface area (TPSA) is 26.3 Å². The average Bonchev–Trinajstić information content (AvgIpc) is 3.83. The molecule has 0 aromatic heterocycles. The number of rotatable bonds is 3. The fraction of sp³-hybridized carbons (Fsp3) is 0.816. The smallest absolute Gasteiger partial charge is 0.306 e. The number of hydrogen-bond donors (Lipinski definition) is 0. The highest BCUT2D eigenvalue weighted by Gasteiger charge is 2.94. The molecule has 0 N–H and O–H groups in total. The zero-order chi connectivity index (χ0) is 32.1. The molecule has 31 unspecified atom stereocenters. The summed E-state index contributed by atoms with van der Waals surface area (Å²) in [6.07, 6.45) is 15.0. The van der Waals surface area contributed by atoms with E-state index in [2.05, 4.69) is 36.4 Å². The van der Waals surface area contributed by atoms with Gasteiger partial charge < -0.3 is 4.74 Å². The summed E-state index contributed by atoms with van der Waals surface area (Å²) in [4.78, 5) is 13.9. The third kappa shape index (κ3) is 2.13. The molecule has 262 valence electrons. The highest BCUT2D eigenvalue weighted by Crippen LogP contribution is 2.97. The Bertz CT molecular complexity index is 1980. The van der Waals surface area contributed by atoms with Crippen molar-refractivity contribution in [3.63, 3.8) is 0 Å². The molecule has 0 aliphatic heterocycles. The van der Waals surface area contributed by atoms with Crippen LogP contribution in [0, 0.1) is 177 Å². The van der Waals surface area contributed by atoms with Gasteiger partial charge in [-0.05, 0) is 222 Å². The monoisotopic (exact) mass is 674 g/mol. The van der Waals surface area contributed by atoms with E-state index in [-0.39, 0.29) is 16.8 Å². The van der Waals surface area contributed by atoms with Gasteiger partial charge in [-0.3, -0.25) is 4.79 Å². The Morgan fingerprint density at radius 1 is 0.588 bits per heavy atom. The predicted octanol–water partition coefficient (Wildman–Crippen LogP) is 8.23. The van der Waals surface area contributed by atoms with Crippen molar-refractivity contribution in [1.29, 1.82) is 0 Å². The zero-order valence-corrected chi connectivity index (χ0v) is 30.2. The van der Waals surface area contributed by atoms with Crippen LogP contribution in [0.4, 0.5) is 0 Å². The van der Waals surface area contributed by atoms with Crippen molar-refractivity contribution in [2.45, 2.75) is 56.8 Å². The molecule has 16 fully saturated rings. The van der Waals surface area contributed by atoms with Crippen LogP contribution >= 0.6 is 0 Å². The van der Waals surface area contributed by atoms with E-state index in [9.17, 15) is 4.79 Å². The molecule has 51 heavy (non-hydrogen) atoms. The quantitative estimate of drug-likeness (QED) is 0.239. The molecular weight excluding hydrogens is 621 g/mol. The molecule has 1 aromatic rings. The lowest BCUT2D eigenvalue weighted by molar-refractivity contribution is -0.152. The van der Waals surface area contributed by atoms with Gasteiger partial charge in [0.05, 0.1) is 13.5 Å². The van der Waals surface area contributed by atoms with Crippen LogP contribution < -0.4 is 0 Å². The highest BCUT2D eigenvalue weighted by atomic mass is 16.5. The van der Waals surface area contributed by atoms with Crippen LogP contribution in [0.5, 0.6) is 0 Å². The lowest BCUT2D eigenvalue weighted by atomic mass is 9.42. The normalized spacial score (nSPS) is 75.2. The first kappa shape index (κ1) is 26.3. The third-order valence-corrected chi connectivity index (χ3v) is 25.3. The van der Waals surface area contributed by atoms with Gasteiger partial charge in [-0.25, -0.2) is 0 Å². The van der Waals surface area contributed by atoms with Crippen molar-refractivity contribution in [3.8, 4) is 0 Å². The molecule has 31 atom stereocenters. The van der Waals surface area contributed by atoms with Crippen molar-refractivity contribution in [1.82, 2.24) is 0 Å². The van der Waals surface area contributed by atoms with Crippen LogP contribution in [-0.2, 0) is 14.9 Å². The Labute approximate surface area is 303 Å². The van der Waals surface area contributed by atoms with Crippen molar-refractivity contribution in [3.05, 3.63) is 47.5 Å². The summed E-state index contributed by atoms with van der Waals surface area (Å²) in [5, 5.41) is 0. The molecule has 1 aromatic carbocycles. The van der Waals surface area contributed by atoms with Crippen molar-refractivity contribution < 1.29 is 9.53 Å². The summed E-state index contributed by atoms with van der Waals surface area (Å²) in [7, 11) is 1.69. The van der Waals surface area contributed by atoms with E-state index in [1.165, 1.54) is 36.2 Å². The molecule has 17 aliphatic rings. The Morgan fingerprint density at radius 3 is 1.71 bits per heavy atom. The standard InChI is InChI=1S/C49H54O2/c1-51-25(50)15-48(23-5-3-2-4-6-23)47-24-13-21-11-18-9-19-8-16-7-17-10-20-12-22-14-49(47,48)46-32(22)37-31(20)36-27(17)26(16)34-30(19)35-28(18)29(21)38-33(24)45(46)44-42(37)40(36)39(34)41(35)43(38)44/h2-6,14,16-21,24,26-47H,7-13,15H2,1H3. The van der Waals surface area contributed by atoms with Crippen LogP contribution in [-0.4, -0.2) is 13.1 Å². The summed E-state index contributed by atoms with van der Waals surface area (Å²) < 4.78 is 5.74. The summed E-state index contributed by atoms with van der Waals surface area (Å²) in [5.74, 6) is 30.7. The average molecular weight is 675 g/mol. The third-order valence-electron chi connectivity index (χ3n) is 25.3. The molecule has 2 heteroatoms. The fourth-order valence-electron chi connectivity index (χ4n) is 27.0. The maximum Gasteiger partial charge on any atom is 0.306 e. The molecular formula is C49H54O2. The number of hydrogen-bond acceptors (Lipinski definition) is 2. The van der Waals surface area contributed by atoms with Gasteiger partial charge >= 0.3 is 5.97 Å². The van der Waals surface area contributed by atoms with Crippen LogP contribution in [0.25, 0.3) is 0 Å². The summed E-state index contributed by atoms with van der Waals surface area (Å²) in [6.45, 7) is 0. The van der Waals surface area contributed by atoms with E-state index in [1.54, 1.807) is 39.2 Å². The predicted molar refractivity (Wildman–Crippen MR) is 189 cm³/mol. The van der Waals surface area contributed by atoms with Crippen LogP contribution in [0.1, 0.15) is 56.9 Å². The van der Waals surface area contributed by atoms with Gasteiger partial charge in [0.25, 0.3) is 0 Å². The number of methoxy groups -OCH3 is 1. The number of esters is 1. The van der Waals surface area contributed by atoms with Crippen LogP contribution in [0.3, 0.4) is 0 Å². The van der Waals surface area contributed by atoms with Crippen LogP contribution in [0.2, 0.25) is 0 Å². The van der Waals surface area contributed by atoms with E-state index in [1.807, 2.05) is 5.57 Å². The molecule has 18 rings (SSSR count). The van der Waals surface area contributed by atoms with E-state index in [4.69, 9.17) is 4.74 Å². The van der Waals surface area contributed by atoms with E-state index in [0.29, 0.717) is 12.3 Å². The number of benzene rings is 1. The summed E-state index contributed by atoms with van der Waals surface area (Å²) in [6, 6.07) is 11.9. The number of carbonyl (C=O) groups excluding carboxylic acids is 1. The molecule has 2 nitrogen and oxygen atoms in total. The van der Waals surface area contributed by atoms with Gasteiger partial charge in [0, 0.05) is 10.8 Å². The Morgan fingerprint density at radius 2 is 1.08 bits per heavy atom. The second kappa shape index (κ2) is 7.39. The molecule has 16 saturated carbocycles. The van der Waals surface area contributed by atoms with Gasteiger partial charge in [0.1, 0.15) is 0 Å². The minimum atomic E-state index is -0.0385. The maximum absolute atomic E-state index is 13.9. The second-order valence-corrected chi connectivity index (χ2v) is 24.1. The molecule has 0 amide bonds. The zero-order valence-electron chi connectivity index (χ0n) is 30.2.